The second kappa shape index (κ2) is 5.35. The Hall–Kier alpha value is -1.53. The quantitative estimate of drug-likeness (QED) is 0.868. The summed E-state index contributed by atoms with van der Waals surface area (Å²) < 4.78 is 9.70. The average molecular weight is 304 g/mol. The van der Waals surface area contributed by atoms with Crippen LogP contribution in [-0.4, -0.2) is 28.0 Å². The molecule has 0 amide bonds. The Morgan fingerprint density at radius 2 is 2.29 bits per heavy atom. The Kier molecular flexibility index (Phi) is 3.67. The number of rotatable bonds is 4. The van der Waals surface area contributed by atoms with Crippen LogP contribution >= 0.6 is 11.5 Å². The van der Waals surface area contributed by atoms with Crippen molar-refractivity contribution in [3.63, 3.8) is 0 Å². The van der Waals surface area contributed by atoms with Crippen LogP contribution < -0.4 is 4.90 Å². The Balaban J connectivity index is 1.87. The van der Waals surface area contributed by atoms with Gasteiger partial charge in [0, 0.05) is 43.0 Å². The Labute approximate surface area is 129 Å². The molecule has 0 aromatic carbocycles. The number of methoxy groups -OCH3 is 1. The van der Waals surface area contributed by atoms with E-state index in [1.54, 1.807) is 7.11 Å². The van der Waals surface area contributed by atoms with Crippen molar-refractivity contribution in [2.45, 2.75) is 32.9 Å². The molecule has 1 saturated heterocycles. The lowest BCUT2D eigenvalue weighted by molar-refractivity contribution is 0.113. The fourth-order valence-electron chi connectivity index (χ4n) is 2.89. The summed E-state index contributed by atoms with van der Waals surface area (Å²) >= 11 is 1.44. The Morgan fingerprint density at radius 1 is 1.48 bits per heavy atom. The van der Waals surface area contributed by atoms with Crippen molar-refractivity contribution < 1.29 is 4.74 Å². The number of anilines is 1. The summed E-state index contributed by atoms with van der Waals surface area (Å²) in [6.07, 6.45) is 3.68. The van der Waals surface area contributed by atoms with E-state index in [1.165, 1.54) is 17.1 Å². The summed E-state index contributed by atoms with van der Waals surface area (Å²) in [4.78, 5) is 11.2. The summed E-state index contributed by atoms with van der Waals surface area (Å²) in [6.45, 7) is 7.49. The molecule has 0 spiro atoms. The van der Waals surface area contributed by atoms with Crippen molar-refractivity contribution in [3.05, 3.63) is 35.9 Å². The summed E-state index contributed by atoms with van der Waals surface area (Å²) in [6, 6.07) is 4.41. The minimum atomic E-state index is -0.0684. The van der Waals surface area contributed by atoms with E-state index in [9.17, 15) is 0 Å². The minimum Gasteiger partial charge on any atom is -0.374 e. The first-order valence-electron chi connectivity index (χ1n) is 7.06. The molecule has 6 heteroatoms. The first kappa shape index (κ1) is 14.4. The van der Waals surface area contributed by atoms with Crippen LogP contribution in [0.25, 0.3) is 0 Å². The van der Waals surface area contributed by atoms with Crippen molar-refractivity contribution >= 4 is 16.7 Å². The molecule has 0 N–H and O–H groups in total. The molecule has 2 unspecified atom stereocenters. The van der Waals surface area contributed by atoms with Crippen LogP contribution in [-0.2, 0) is 4.74 Å². The van der Waals surface area contributed by atoms with Gasteiger partial charge >= 0.3 is 0 Å². The molecule has 2 aromatic rings. The molecule has 5 nitrogen and oxygen atoms in total. The predicted molar refractivity (Wildman–Crippen MR) is 83.4 cm³/mol. The molecule has 3 rings (SSSR count). The molecule has 1 aliphatic rings. The molecule has 0 aliphatic carbocycles. The summed E-state index contributed by atoms with van der Waals surface area (Å²) in [5.41, 5.74) is 1.44. The van der Waals surface area contributed by atoms with E-state index in [2.05, 4.69) is 39.2 Å². The number of pyridine rings is 1. The van der Waals surface area contributed by atoms with Gasteiger partial charge < -0.3 is 9.64 Å². The van der Waals surface area contributed by atoms with E-state index in [4.69, 9.17) is 4.74 Å². The lowest BCUT2D eigenvalue weighted by Gasteiger charge is -2.54. The zero-order chi connectivity index (χ0) is 15.0. The largest absolute Gasteiger partial charge is 0.374 e. The highest BCUT2D eigenvalue weighted by Gasteiger charge is 2.48. The first-order chi connectivity index (χ1) is 10.0. The third-order valence-corrected chi connectivity index (χ3v) is 4.79. The monoisotopic (exact) mass is 304 g/mol. The standard InChI is InChI=1S/C15H20N4OS/c1-10(20-4)13-17-14(21-18-13)19-9-15(2,3)12(19)11-6-5-7-16-8-11/h5-8,10,12H,9H2,1-4H3. The maximum Gasteiger partial charge on any atom is 0.205 e. The molecule has 0 bridgehead atoms. The smallest absolute Gasteiger partial charge is 0.205 e. The summed E-state index contributed by atoms with van der Waals surface area (Å²) in [5, 5.41) is 0.960. The van der Waals surface area contributed by atoms with Crippen molar-refractivity contribution in [1.82, 2.24) is 14.3 Å². The maximum atomic E-state index is 5.29. The van der Waals surface area contributed by atoms with Crippen LogP contribution in [0.3, 0.4) is 0 Å². The zero-order valence-corrected chi connectivity index (χ0v) is 13.6. The van der Waals surface area contributed by atoms with Crippen LogP contribution in [0, 0.1) is 5.41 Å². The molecule has 2 aromatic heterocycles. The van der Waals surface area contributed by atoms with Gasteiger partial charge in [-0.3, -0.25) is 4.98 Å². The van der Waals surface area contributed by atoms with Gasteiger partial charge in [0.25, 0.3) is 0 Å². The molecule has 2 atom stereocenters. The molecule has 0 radical (unpaired) electrons. The lowest BCUT2D eigenvalue weighted by atomic mass is 9.72. The average Bonchev–Trinajstić information content (AvgIpc) is 2.94. The topological polar surface area (TPSA) is 51.1 Å². The lowest BCUT2D eigenvalue weighted by Crippen LogP contribution is -2.55. The molecule has 1 aliphatic heterocycles. The van der Waals surface area contributed by atoms with Crippen LogP contribution in [0.4, 0.5) is 5.13 Å². The number of hydrogen-bond donors (Lipinski definition) is 0. The van der Waals surface area contributed by atoms with Gasteiger partial charge in [-0.15, -0.1) is 0 Å². The van der Waals surface area contributed by atoms with E-state index in [1.807, 2.05) is 25.4 Å². The van der Waals surface area contributed by atoms with Gasteiger partial charge in [-0.1, -0.05) is 19.9 Å². The van der Waals surface area contributed by atoms with Gasteiger partial charge in [0.05, 0.1) is 6.04 Å². The van der Waals surface area contributed by atoms with Crippen LogP contribution in [0.5, 0.6) is 0 Å². The van der Waals surface area contributed by atoms with Gasteiger partial charge in [0.2, 0.25) is 5.13 Å². The second-order valence-electron chi connectivity index (χ2n) is 6.12. The fourth-order valence-corrected chi connectivity index (χ4v) is 3.66. The summed E-state index contributed by atoms with van der Waals surface area (Å²) in [7, 11) is 1.68. The minimum absolute atomic E-state index is 0.0684. The van der Waals surface area contributed by atoms with E-state index >= 15 is 0 Å². The van der Waals surface area contributed by atoms with Gasteiger partial charge in [-0.05, 0) is 18.6 Å². The first-order valence-corrected chi connectivity index (χ1v) is 7.83. The van der Waals surface area contributed by atoms with Crippen molar-refractivity contribution in [2.75, 3.05) is 18.6 Å². The molecule has 3 heterocycles. The van der Waals surface area contributed by atoms with Crippen LogP contribution in [0.1, 0.15) is 44.3 Å². The molecular formula is C15H20N4OS. The van der Waals surface area contributed by atoms with E-state index in [0.717, 1.165) is 17.5 Å². The zero-order valence-electron chi connectivity index (χ0n) is 12.8. The van der Waals surface area contributed by atoms with E-state index in [-0.39, 0.29) is 11.5 Å². The number of nitrogens with zero attached hydrogens (tertiary/aromatic N) is 4. The van der Waals surface area contributed by atoms with Crippen molar-refractivity contribution in [2.24, 2.45) is 5.41 Å². The normalized spacial score (nSPS) is 21.9. The molecule has 0 saturated carbocycles. The summed E-state index contributed by atoms with van der Waals surface area (Å²) in [5.74, 6) is 0.757. The third kappa shape index (κ3) is 2.53. The van der Waals surface area contributed by atoms with E-state index in [0.29, 0.717) is 6.04 Å². The molecule has 112 valence electrons. The van der Waals surface area contributed by atoms with Crippen LogP contribution in [0.2, 0.25) is 0 Å². The highest BCUT2D eigenvalue weighted by Crippen LogP contribution is 2.50. The SMILES string of the molecule is COC(C)c1nsc(N2CC(C)(C)C2c2cccnc2)n1. The molecule has 21 heavy (non-hydrogen) atoms. The number of ether oxygens (including phenoxy) is 1. The highest BCUT2D eigenvalue weighted by molar-refractivity contribution is 7.09. The highest BCUT2D eigenvalue weighted by atomic mass is 32.1. The molecular weight excluding hydrogens is 284 g/mol. The van der Waals surface area contributed by atoms with Crippen molar-refractivity contribution in [3.8, 4) is 0 Å². The maximum absolute atomic E-state index is 5.29. The Bertz CT molecular complexity index is 613. The second-order valence-corrected chi connectivity index (χ2v) is 6.85. The molecule has 1 fully saturated rings. The van der Waals surface area contributed by atoms with Gasteiger partial charge in [0.1, 0.15) is 6.10 Å². The van der Waals surface area contributed by atoms with Crippen LogP contribution in [0.15, 0.2) is 24.5 Å². The third-order valence-electron chi connectivity index (χ3n) is 4.02. The fraction of sp³-hybridized carbons (Fsp3) is 0.533. The predicted octanol–water partition coefficient (Wildman–Crippen LogP) is 3.23. The Morgan fingerprint density at radius 3 is 2.90 bits per heavy atom. The number of aromatic nitrogens is 3. The van der Waals surface area contributed by atoms with Gasteiger partial charge in [-0.25, -0.2) is 4.98 Å². The number of hydrogen-bond acceptors (Lipinski definition) is 6. The van der Waals surface area contributed by atoms with E-state index < -0.39 is 0 Å². The van der Waals surface area contributed by atoms with Gasteiger partial charge in [0.15, 0.2) is 5.82 Å². The van der Waals surface area contributed by atoms with Gasteiger partial charge in [-0.2, -0.15) is 4.37 Å². The van der Waals surface area contributed by atoms with Crippen molar-refractivity contribution in [1.29, 1.82) is 0 Å².